The average Bonchev–Trinajstić information content (AvgIpc) is 2.60. The highest BCUT2D eigenvalue weighted by Gasteiger charge is 2.34. The highest BCUT2D eigenvalue weighted by atomic mass is 32.2. The van der Waals surface area contributed by atoms with Crippen LogP contribution in [-0.2, 0) is 15.3 Å². The molecule has 1 saturated carbocycles. The lowest BCUT2D eigenvalue weighted by Gasteiger charge is -2.33. The highest BCUT2D eigenvalue weighted by Crippen LogP contribution is 2.37. The lowest BCUT2D eigenvalue weighted by Crippen LogP contribution is -2.31. The Morgan fingerprint density at radius 2 is 2.18 bits per heavy atom. The second-order valence-electron chi connectivity index (χ2n) is 4.40. The zero-order valence-electron chi connectivity index (χ0n) is 9.92. The molecule has 92 valence electrons. The maximum Gasteiger partial charge on any atom is 0.186 e. The summed E-state index contributed by atoms with van der Waals surface area (Å²) in [6.45, 7) is 3.18. The van der Waals surface area contributed by atoms with Crippen molar-refractivity contribution in [3.05, 3.63) is 11.9 Å². The van der Waals surface area contributed by atoms with Crippen LogP contribution in [0.15, 0.2) is 6.20 Å². The number of hydrogen-bond donors (Lipinski definition) is 0. The molecule has 0 atom stereocenters. The van der Waals surface area contributed by atoms with Crippen LogP contribution in [-0.4, -0.2) is 25.9 Å². The van der Waals surface area contributed by atoms with E-state index in [-0.39, 0.29) is 16.8 Å². The van der Waals surface area contributed by atoms with Gasteiger partial charge in [0.15, 0.2) is 5.12 Å². The first-order valence-corrected chi connectivity index (χ1v) is 6.59. The first kappa shape index (κ1) is 12.3. The summed E-state index contributed by atoms with van der Waals surface area (Å²) in [6.07, 6.45) is 3.59. The van der Waals surface area contributed by atoms with Crippen molar-refractivity contribution < 1.29 is 9.59 Å². The van der Waals surface area contributed by atoms with E-state index in [4.69, 9.17) is 0 Å². The van der Waals surface area contributed by atoms with E-state index < -0.39 is 0 Å². The Morgan fingerprint density at radius 3 is 2.76 bits per heavy atom. The van der Waals surface area contributed by atoms with E-state index in [9.17, 15) is 9.59 Å². The molecule has 1 aliphatic rings. The summed E-state index contributed by atoms with van der Waals surface area (Å²) in [7, 11) is 0. The fraction of sp³-hybridized carbons (Fsp3) is 0.636. The van der Waals surface area contributed by atoms with Crippen LogP contribution in [0, 0.1) is 5.92 Å². The molecule has 2 rings (SSSR count). The molecule has 6 heteroatoms. The van der Waals surface area contributed by atoms with Crippen molar-refractivity contribution in [3.63, 3.8) is 0 Å². The van der Waals surface area contributed by atoms with Crippen molar-refractivity contribution >= 4 is 22.7 Å². The van der Waals surface area contributed by atoms with Gasteiger partial charge in [-0.2, -0.15) is 0 Å². The number of carbonyl (C=O) groups is 2. The van der Waals surface area contributed by atoms with Gasteiger partial charge in [-0.1, -0.05) is 17.0 Å². The van der Waals surface area contributed by atoms with Crippen LogP contribution >= 0.6 is 11.8 Å². The summed E-state index contributed by atoms with van der Waals surface area (Å²) in [5.74, 6) is 1.02. The van der Waals surface area contributed by atoms with Gasteiger partial charge in [-0.3, -0.25) is 9.59 Å². The van der Waals surface area contributed by atoms with Crippen LogP contribution in [0.2, 0.25) is 0 Å². The Bertz CT molecular complexity index is 438. The van der Waals surface area contributed by atoms with Crippen molar-refractivity contribution in [1.29, 1.82) is 0 Å². The summed E-state index contributed by atoms with van der Waals surface area (Å²) in [6, 6.07) is 0.299. The van der Waals surface area contributed by atoms with Crippen LogP contribution in [0.1, 0.15) is 38.4 Å². The minimum absolute atomic E-state index is 0.0832. The van der Waals surface area contributed by atoms with E-state index in [1.165, 1.54) is 11.8 Å². The zero-order valence-corrected chi connectivity index (χ0v) is 10.7. The summed E-state index contributed by atoms with van der Waals surface area (Å²) in [5.41, 5.74) is 0.816. The van der Waals surface area contributed by atoms with Gasteiger partial charge in [-0.25, -0.2) is 4.68 Å². The maximum absolute atomic E-state index is 11.1. The third kappa shape index (κ3) is 2.94. The Kier molecular flexibility index (Phi) is 3.61. The van der Waals surface area contributed by atoms with Crippen molar-refractivity contribution in [2.45, 2.75) is 38.5 Å². The number of ketones is 1. The van der Waals surface area contributed by atoms with Gasteiger partial charge in [0, 0.05) is 24.8 Å². The van der Waals surface area contributed by atoms with Gasteiger partial charge in [-0.05, 0) is 19.8 Å². The van der Waals surface area contributed by atoms with Crippen LogP contribution in [0.5, 0.6) is 0 Å². The second-order valence-corrected chi connectivity index (χ2v) is 5.56. The molecule has 0 radical (unpaired) electrons. The lowest BCUT2D eigenvalue weighted by atomic mass is 9.78. The van der Waals surface area contributed by atoms with E-state index >= 15 is 0 Å². The zero-order chi connectivity index (χ0) is 12.4. The predicted molar refractivity (Wildman–Crippen MR) is 64.4 cm³/mol. The Morgan fingerprint density at radius 1 is 1.47 bits per heavy atom. The van der Waals surface area contributed by atoms with Crippen LogP contribution in [0.4, 0.5) is 0 Å². The average molecular weight is 253 g/mol. The Hall–Kier alpha value is -1.17. The Balaban J connectivity index is 1.87. The minimum atomic E-state index is 0.0832. The molecule has 5 nitrogen and oxygen atoms in total. The lowest BCUT2D eigenvalue weighted by molar-refractivity contribution is -0.124. The molecule has 0 bridgehead atoms. The largest absolute Gasteiger partial charge is 0.300 e. The second kappa shape index (κ2) is 5.00. The third-order valence-electron chi connectivity index (χ3n) is 3.04. The minimum Gasteiger partial charge on any atom is -0.300 e. The fourth-order valence-corrected chi connectivity index (χ4v) is 2.35. The molecule has 1 aromatic heterocycles. The van der Waals surface area contributed by atoms with Crippen LogP contribution < -0.4 is 0 Å². The van der Waals surface area contributed by atoms with Crippen molar-refractivity contribution in [2.75, 3.05) is 0 Å². The van der Waals surface area contributed by atoms with Gasteiger partial charge < -0.3 is 0 Å². The molecule has 0 spiro atoms. The molecule has 0 aromatic carbocycles. The highest BCUT2D eigenvalue weighted by molar-refractivity contribution is 8.12. The first-order chi connectivity index (χ1) is 8.06. The number of Topliss-reactive ketones (excluding diaryl/α,β-unsaturated/α-hetero) is 1. The molecule has 0 unspecified atom stereocenters. The van der Waals surface area contributed by atoms with Gasteiger partial charge in [0.1, 0.15) is 5.78 Å². The van der Waals surface area contributed by atoms with Crippen LogP contribution in [0.25, 0.3) is 0 Å². The molecule has 1 aromatic rings. The van der Waals surface area contributed by atoms with Gasteiger partial charge >= 0.3 is 0 Å². The van der Waals surface area contributed by atoms with Gasteiger partial charge in [-0.15, -0.1) is 5.10 Å². The van der Waals surface area contributed by atoms with Crippen molar-refractivity contribution in [2.24, 2.45) is 5.92 Å². The molecule has 17 heavy (non-hydrogen) atoms. The Labute approximate surface area is 104 Å². The smallest absolute Gasteiger partial charge is 0.186 e. The molecular weight excluding hydrogens is 238 g/mol. The monoisotopic (exact) mass is 253 g/mol. The number of hydrogen-bond acceptors (Lipinski definition) is 5. The van der Waals surface area contributed by atoms with E-state index in [1.807, 2.05) is 10.9 Å². The topological polar surface area (TPSA) is 64.8 Å². The molecule has 0 N–H and O–H groups in total. The molecule has 0 amide bonds. The maximum atomic E-state index is 11.1. The van der Waals surface area contributed by atoms with E-state index in [2.05, 4.69) is 10.3 Å². The summed E-state index contributed by atoms with van der Waals surface area (Å²) in [4.78, 5) is 21.9. The summed E-state index contributed by atoms with van der Waals surface area (Å²) < 4.78 is 1.81. The molecule has 1 heterocycles. The van der Waals surface area contributed by atoms with E-state index in [0.717, 1.165) is 18.5 Å². The number of nitrogens with zero attached hydrogens (tertiary/aromatic N) is 3. The van der Waals surface area contributed by atoms with Gasteiger partial charge in [0.05, 0.1) is 11.7 Å². The van der Waals surface area contributed by atoms with E-state index in [1.54, 1.807) is 13.8 Å². The number of aromatic nitrogens is 3. The molecule has 0 saturated heterocycles. The summed E-state index contributed by atoms with van der Waals surface area (Å²) in [5, 5.41) is 8.14. The predicted octanol–water partition coefficient (Wildman–Crippen LogP) is 1.60. The molecule has 1 fully saturated rings. The molecule has 0 aliphatic heterocycles. The third-order valence-corrected chi connectivity index (χ3v) is 3.89. The number of carbonyl (C=O) groups excluding carboxylic acids is 2. The summed E-state index contributed by atoms with van der Waals surface area (Å²) >= 11 is 1.23. The van der Waals surface area contributed by atoms with Crippen molar-refractivity contribution in [3.8, 4) is 0 Å². The van der Waals surface area contributed by atoms with Crippen LogP contribution in [0.3, 0.4) is 0 Å². The fourth-order valence-electron chi connectivity index (χ4n) is 1.87. The first-order valence-electron chi connectivity index (χ1n) is 5.60. The SMILES string of the molecule is CC(=O)SCc1cn(C2CC(C(C)=O)C2)nn1. The standard InChI is InChI=1S/C11H15N3O2S/c1-7(15)9-3-11(4-9)14-5-10(12-13-14)6-17-8(2)16/h5,9,11H,3-4,6H2,1-2H3. The molecular formula is C11H15N3O2S. The number of thioether (sulfide) groups is 1. The number of rotatable bonds is 4. The normalized spacial score (nSPS) is 23.2. The van der Waals surface area contributed by atoms with Gasteiger partial charge in [0.2, 0.25) is 0 Å². The van der Waals surface area contributed by atoms with E-state index in [0.29, 0.717) is 11.8 Å². The van der Waals surface area contributed by atoms with Gasteiger partial charge in [0.25, 0.3) is 0 Å². The quantitative estimate of drug-likeness (QED) is 0.815. The molecule has 1 aliphatic carbocycles. The van der Waals surface area contributed by atoms with Crippen molar-refractivity contribution in [1.82, 2.24) is 15.0 Å².